The zero-order chi connectivity index (χ0) is 12.3. The van der Waals surface area contributed by atoms with Crippen molar-refractivity contribution in [2.45, 2.75) is 13.8 Å². The number of rotatable bonds is 3. The first-order valence-electron chi connectivity index (χ1n) is 5.58. The van der Waals surface area contributed by atoms with E-state index in [1.165, 1.54) is 5.57 Å². The fraction of sp³-hybridized carbons (Fsp3) is 0.214. The first-order chi connectivity index (χ1) is 8.18. The Balaban J connectivity index is 2.35. The van der Waals surface area contributed by atoms with Gasteiger partial charge >= 0.3 is 0 Å². The van der Waals surface area contributed by atoms with Gasteiger partial charge in [-0.2, -0.15) is 0 Å². The Morgan fingerprint density at radius 1 is 1.35 bits per heavy atom. The number of hydrogen-bond acceptors (Lipinski definition) is 3. The Morgan fingerprint density at radius 3 is 2.94 bits per heavy atom. The summed E-state index contributed by atoms with van der Waals surface area (Å²) in [7, 11) is 0. The van der Waals surface area contributed by atoms with E-state index in [0.717, 1.165) is 16.7 Å². The van der Waals surface area contributed by atoms with Crippen molar-refractivity contribution < 1.29 is 4.74 Å². The van der Waals surface area contributed by atoms with Crippen LogP contribution >= 0.6 is 0 Å². The van der Waals surface area contributed by atoms with E-state index in [4.69, 9.17) is 10.5 Å². The molecule has 0 unspecified atom stereocenters. The molecular weight excluding hydrogens is 212 g/mol. The van der Waals surface area contributed by atoms with Gasteiger partial charge in [0.1, 0.15) is 12.4 Å². The largest absolute Gasteiger partial charge is 0.489 e. The molecule has 0 aliphatic carbocycles. The normalized spacial score (nSPS) is 10.2. The topological polar surface area (TPSA) is 48.1 Å². The monoisotopic (exact) mass is 228 g/mol. The molecule has 0 saturated carbocycles. The van der Waals surface area contributed by atoms with Crippen molar-refractivity contribution in [2.24, 2.45) is 0 Å². The van der Waals surface area contributed by atoms with Gasteiger partial charge in [-0.3, -0.25) is 4.98 Å². The summed E-state index contributed by atoms with van der Waals surface area (Å²) >= 11 is 0. The van der Waals surface area contributed by atoms with Crippen LogP contribution in [-0.2, 0) is 0 Å². The summed E-state index contributed by atoms with van der Waals surface area (Å²) in [6.07, 6.45) is 3.77. The van der Waals surface area contributed by atoms with Gasteiger partial charge in [0, 0.05) is 11.6 Å². The zero-order valence-electron chi connectivity index (χ0n) is 10.1. The van der Waals surface area contributed by atoms with Crippen molar-refractivity contribution in [1.29, 1.82) is 0 Å². The van der Waals surface area contributed by atoms with Crippen LogP contribution in [0.15, 0.2) is 42.1 Å². The third-order valence-electron chi connectivity index (χ3n) is 2.49. The highest BCUT2D eigenvalue weighted by Crippen LogP contribution is 2.28. The van der Waals surface area contributed by atoms with E-state index < -0.39 is 0 Å². The lowest BCUT2D eigenvalue weighted by Crippen LogP contribution is -1.97. The molecule has 0 amide bonds. The number of nitrogen functional groups attached to an aromatic ring is 1. The number of hydrogen-bond donors (Lipinski definition) is 1. The molecule has 2 rings (SSSR count). The average Bonchev–Trinajstić information content (AvgIpc) is 2.32. The summed E-state index contributed by atoms with van der Waals surface area (Å²) in [6, 6.07) is 7.57. The van der Waals surface area contributed by atoms with Gasteiger partial charge in [-0.25, -0.2) is 0 Å². The van der Waals surface area contributed by atoms with Gasteiger partial charge in [-0.05, 0) is 44.2 Å². The second kappa shape index (κ2) is 4.87. The molecule has 17 heavy (non-hydrogen) atoms. The van der Waals surface area contributed by atoms with Crippen molar-refractivity contribution in [3.8, 4) is 5.75 Å². The van der Waals surface area contributed by atoms with Gasteiger partial charge in [-0.1, -0.05) is 5.57 Å². The maximum Gasteiger partial charge on any atom is 0.129 e. The number of ether oxygens (including phenoxy) is 1. The van der Waals surface area contributed by atoms with Crippen LogP contribution in [0.2, 0.25) is 0 Å². The highest BCUT2D eigenvalue weighted by molar-refractivity contribution is 5.93. The molecule has 0 spiro atoms. The van der Waals surface area contributed by atoms with Crippen LogP contribution in [0.3, 0.4) is 0 Å². The minimum absolute atomic E-state index is 0.566. The van der Waals surface area contributed by atoms with Crippen LogP contribution in [-0.4, -0.2) is 11.6 Å². The van der Waals surface area contributed by atoms with Crippen LogP contribution in [0.4, 0.5) is 5.69 Å². The Bertz CT molecular complexity index is 557. The van der Waals surface area contributed by atoms with E-state index in [1.54, 1.807) is 6.20 Å². The summed E-state index contributed by atoms with van der Waals surface area (Å²) in [5.74, 6) is 0.819. The van der Waals surface area contributed by atoms with Crippen LogP contribution in [0, 0.1) is 0 Å². The van der Waals surface area contributed by atoms with Gasteiger partial charge in [0.15, 0.2) is 0 Å². The van der Waals surface area contributed by atoms with Crippen molar-refractivity contribution >= 4 is 16.6 Å². The fourth-order valence-electron chi connectivity index (χ4n) is 1.59. The standard InChI is InChI=1S/C14H16N2O/c1-10(2)7-9-17-13-6-5-12(15)14-11(13)4-3-8-16-14/h3-8H,9,15H2,1-2H3. The molecule has 0 saturated heterocycles. The van der Waals surface area contributed by atoms with Crippen molar-refractivity contribution in [3.63, 3.8) is 0 Å². The van der Waals surface area contributed by atoms with Crippen LogP contribution < -0.4 is 10.5 Å². The molecule has 0 aliphatic heterocycles. The second-order valence-electron chi connectivity index (χ2n) is 4.14. The molecule has 0 fully saturated rings. The number of benzene rings is 1. The van der Waals surface area contributed by atoms with Crippen LogP contribution in [0.1, 0.15) is 13.8 Å². The molecule has 3 heteroatoms. The summed E-state index contributed by atoms with van der Waals surface area (Å²) in [5.41, 5.74) is 8.58. The Labute approximate surface area is 101 Å². The summed E-state index contributed by atoms with van der Waals surface area (Å²) < 4.78 is 5.71. The number of pyridine rings is 1. The van der Waals surface area contributed by atoms with E-state index >= 15 is 0 Å². The van der Waals surface area contributed by atoms with Gasteiger partial charge in [0.25, 0.3) is 0 Å². The van der Waals surface area contributed by atoms with Gasteiger partial charge in [0.2, 0.25) is 0 Å². The fourth-order valence-corrected chi connectivity index (χ4v) is 1.59. The highest BCUT2D eigenvalue weighted by atomic mass is 16.5. The molecule has 0 atom stereocenters. The van der Waals surface area contributed by atoms with E-state index in [-0.39, 0.29) is 0 Å². The number of fused-ring (bicyclic) bond motifs is 1. The first-order valence-corrected chi connectivity index (χ1v) is 5.58. The minimum atomic E-state index is 0.566. The molecule has 1 aromatic heterocycles. The van der Waals surface area contributed by atoms with E-state index in [9.17, 15) is 0 Å². The predicted molar refractivity (Wildman–Crippen MR) is 71.1 cm³/mol. The third-order valence-corrected chi connectivity index (χ3v) is 2.49. The van der Waals surface area contributed by atoms with Crippen LogP contribution in [0.5, 0.6) is 5.75 Å². The Kier molecular flexibility index (Phi) is 3.28. The van der Waals surface area contributed by atoms with Crippen molar-refractivity contribution in [1.82, 2.24) is 4.98 Å². The zero-order valence-corrected chi connectivity index (χ0v) is 10.1. The summed E-state index contributed by atoms with van der Waals surface area (Å²) in [6.45, 7) is 4.66. The summed E-state index contributed by atoms with van der Waals surface area (Å²) in [4.78, 5) is 4.26. The number of nitrogens with two attached hydrogens (primary N) is 1. The maximum absolute atomic E-state index is 5.87. The van der Waals surface area contributed by atoms with Gasteiger partial charge in [0.05, 0.1) is 11.2 Å². The third kappa shape index (κ3) is 2.56. The lowest BCUT2D eigenvalue weighted by Gasteiger charge is -2.08. The molecule has 0 aliphatic rings. The molecule has 1 heterocycles. The molecule has 88 valence electrons. The first kappa shape index (κ1) is 11.5. The molecule has 0 radical (unpaired) electrons. The van der Waals surface area contributed by atoms with Crippen LogP contribution in [0.25, 0.3) is 10.9 Å². The van der Waals surface area contributed by atoms with Crippen molar-refractivity contribution in [2.75, 3.05) is 12.3 Å². The van der Waals surface area contributed by atoms with E-state index in [0.29, 0.717) is 12.3 Å². The maximum atomic E-state index is 5.87. The smallest absolute Gasteiger partial charge is 0.129 e. The Morgan fingerprint density at radius 2 is 2.18 bits per heavy atom. The number of nitrogens with zero attached hydrogens (tertiary/aromatic N) is 1. The molecule has 3 nitrogen and oxygen atoms in total. The van der Waals surface area contributed by atoms with Gasteiger partial charge in [-0.15, -0.1) is 0 Å². The SMILES string of the molecule is CC(C)=CCOc1ccc(N)c2ncccc12. The molecular formula is C14H16N2O. The predicted octanol–water partition coefficient (Wildman–Crippen LogP) is 3.16. The number of anilines is 1. The molecule has 2 aromatic rings. The van der Waals surface area contributed by atoms with Gasteiger partial charge < -0.3 is 10.5 Å². The average molecular weight is 228 g/mol. The second-order valence-corrected chi connectivity index (χ2v) is 4.14. The Hall–Kier alpha value is -2.03. The molecule has 1 aromatic carbocycles. The lowest BCUT2D eigenvalue weighted by atomic mass is 10.2. The van der Waals surface area contributed by atoms with Crippen molar-refractivity contribution in [3.05, 3.63) is 42.1 Å². The highest BCUT2D eigenvalue weighted by Gasteiger charge is 2.04. The van der Waals surface area contributed by atoms with E-state index in [2.05, 4.69) is 4.98 Å². The lowest BCUT2D eigenvalue weighted by molar-refractivity contribution is 0.366. The number of allylic oxidation sites excluding steroid dienone is 1. The molecule has 2 N–H and O–H groups in total. The summed E-state index contributed by atoms with van der Waals surface area (Å²) in [5, 5.41) is 0.953. The molecule has 0 bridgehead atoms. The minimum Gasteiger partial charge on any atom is -0.489 e. The number of aromatic nitrogens is 1. The van der Waals surface area contributed by atoms with E-state index in [1.807, 2.05) is 44.2 Å². The quantitative estimate of drug-likeness (QED) is 0.648.